The van der Waals surface area contributed by atoms with Gasteiger partial charge >= 0.3 is 0 Å². The van der Waals surface area contributed by atoms with E-state index in [1.165, 1.54) is 13.0 Å². The van der Waals surface area contributed by atoms with Crippen molar-refractivity contribution in [1.82, 2.24) is 20.4 Å². The maximum absolute atomic E-state index is 12.4. The standard InChI is InChI=1S/C20H21N5O3/c1-4-25-12(2)21-17-11-15(8-9-18(17)25)20(28)24-23-19(27)14-6-5-7-16(10-14)22-13(3)26/h5-11H,4H2,1-3H3,(H,22,26)(H,23,27)(H,24,28). The Labute approximate surface area is 161 Å². The molecule has 0 aliphatic heterocycles. The van der Waals surface area contributed by atoms with Crippen LogP contribution in [0.4, 0.5) is 5.69 Å². The lowest BCUT2D eigenvalue weighted by atomic mass is 10.2. The minimum absolute atomic E-state index is 0.234. The molecule has 3 N–H and O–H groups in total. The molecule has 0 aliphatic rings. The molecule has 3 amide bonds. The average Bonchev–Trinajstić information content (AvgIpc) is 2.99. The van der Waals surface area contributed by atoms with Crippen molar-refractivity contribution in [3.8, 4) is 0 Å². The van der Waals surface area contributed by atoms with Crippen molar-refractivity contribution in [2.24, 2.45) is 0 Å². The van der Waals surface area contributed by atoms with Gasteiger partial charge in [0.1, 0.15) is 5.82 Å². The fraction of sp³-hybridized carbons (Fsp3) is 0.200. The number of aromatic nitrogens is 2. The highest BCUT2D eigenvalue weighted by Gasteiger charge is 2.13. The average molecular weight is 379 g/mol. The van der Waals surface area contributed by atoms with Gasteiger partial charge in [0.2, 0.25) is 5.91 Å². The highest BCUT2D eigenvalue weighted by Crippen LogP contribution is 2.17. The normalized spacial score (nSPS) is 10.5. The molecule has 0 saturated heterocycles. The van der Waals surface area contributed by atoms with Crippen molar-refractivity contribution >= 4 is 34.4 Å². The molecule has 0 spiro atoms. The second-order valence-corrected chi connectivity index (χ2v) is 6.28. The van der Waals surface area contributed by atoms with Gasteiger partial charge in [0.25, 0.3) is 11.8 Å². The van der Waals surface area contributed by atoms with Crippen molar-refractivity contribution in [3.63, 3.8) is 0 Å². The number of fused-ring (bicyclic) bond motifs is 1. The molecule has 8 nitrogen and oxygen atoms in total. The number of benzene rings is 2. The SMILES string of the molecule is CCn1c(C)nc2cc(C(=O)NNC(=O)c3cccc(NC(C)=O)c3)ccc21. The monoisotopic (exact) mass is 379 g/mol. The number of hydrogen-bond donors (Lipinski definition) is 3. The van der Waals surface area contributed by atoms with Crippen LogP contribution in [0.2, 0.25) is 0 Å². The molecule has 2 aromatic carbocycles. The van der Waals surface area contributed by atoms with Crippen molar-refractivity contribution in [1.29, 1.82) is 0 Å². The first-order valence-electron chi connectivity index (χ1n) is 8.84. The maximum atomic E-state index is 12.4. The minimum Gasteiger partial charge on any atom is -0.329 e. The highest BCUT2D eigenvalue weighted by molar-refractivity contribution is 6.01. The fourth-order valence-electron chi connectivity index (χ4n) is 2.99. The Bertz CT molecular complexity index is 1070. The topological polar surface area (TPSA) is 105 Å². The summed E-state index contributed by atoms with van der Waals surface area (Å²) >= 11 is 0. The Morgan fingerprint density at radius 1 is 1.00 bits per heavy atom. The summed E-state index contributed by atoms with van der Waals surface area (Å²) in [5.74, 6) is -0.297. The van der Waals surface area contributed by atoms with E-state index >= 15 is 0 Å². The minimum atomic E-state index is -0.493. The predicted molar refractivity (Wildman–Crippen MR) is 106 cm³/mol. The zero-order valence-corrected chi connectivity index (χ0v) is 15.9. The lowest BCUT2D eigenvalue weighted by Crippen LogP contribution is -2.41. The number of hydrazine groups is 1. The number of hydrogen-bond acceptors (Lipinski definition) is 4. The van der Waals surface area contributed by atoms with Crippen LogP contribution in [0.15, 0.2) is 42.5 Å². The zero-order valence-electron chi connectivity index (χ0n) is 15.9. The number of aryl methyl sites for hydroxylation is 2. The largest absolute Gasteiger partial charge is 0.329 e. The Morgan fingerprint density at radius 3 is 2.32 bits per heavy atom. The molecule has 0 saturated carbocycles. The van der Waals surface area contributed by atoms with Crippen LogP contribution in [0, 0.1) is 6.92 Å². The van der Waals surface area contributed by atoms with E-state index in [0.717, 1.165) is 23.4 Å². The number of amides is 3. The van der Waals surface area contributed by atoms with Gasteiger partial charge in [-0.1, -0.05) is 6.07 Å². The summed E-state index contributed by atoms with van der Waals surface area (Å²) in [4.78, 5) is 40.2. The lowest BCUT2D eigenvalue weighted by molar-refractivity contribution is -0.114. The molecule has 8 heteroatoms. The lowest BCUT2D eigenvalue weighted by Gasteiger charge is -2.09. The summed E-state index contributed by atoms with van der Waals surface area (Å²) in [5, 5.41) is 2.60. The molecule has 1 heterocycles. The highest BCUT2D eigenvalue weighted by atomic mass is 16.2. The van der Waals surface area contributed by atoms with Crippen LogP contribution in [0.25, 0.3) is 11.0 Å². The van der Waals surface area contributed by atoms with Crippen molar-refractivity contribution in [3.05, 3.63) is 59.4 Å². The van der Waals surface area contributed by atoms with E-state index in [9.17, 15) is 14.4 Å². The number of imidazole rings is 1. The van der Waals surface area contributed by atoms with E-state index in [4.69, 9.17) is 0 Å². The van der Waals surface area contributed by atoms with Gasteiger partial charge < -0.3 is 9.88 Å². The first-order valence-corrected chi connectivity index (χ1v) is 8.84. The molecule has 144 valence electrons. The Hall–Kier alpha value is -3.68. The van der Waals surface area contributed by atoms with Crippen LogP contribution in [0.1, 0.15) is 40.4 Å². The third kappa shape index (κ3) is 4.01. The van der Waals surface area contributed by atoms with E-state index in [1.807, 2.05) is 19.9 Å². The van der Waals surface area contributed by atoms with Gasteiger partial charge in [0.05, 0.1) is 11.0 Å². The molecule has 0 bridgehead atoms. The molecule has 0 aliphatic carbocycles. The number of nitrogens with one attached hydrogen (secondary N) is 3. The Kier molecular flexibility index (Phi) is 5.39. The molecule has 0 unspecified atom stereocenters. The number of rotatable bonds is 4. The number of nitrogens with zero attached hydrogens (tertiary/aromatic N) is 2. The van der Waals surface area contributed by atoms with Gasteiger partial charge in [-0.15, -0.1) is 0 Å². The van der Waals surface area contributed by atoms with Gasteiger partial charge in [0.15, 0.2) is 0 Å². The fourth-order valence-corrected chi connectivity index (χ4v) is 2.99. The van der Waals surface area contributed by atoms with Crippen LogP contribution in [-0.2, 0) is 11.3 Å². The van der Waals surface area contributed by atoms with E-state index in [0.29, 0.717) is 16.8 Å². The van der Waals surface area contributed by atoms with Crippen molar-refractivity contribution < 1.29 is 14.4 Å². The summed E-state index contributed by atoms with van der Waals surface area (Å²) in [6.45, 7) is 6.13. The van der Waals surface area contributed by atoms with Crippen LogP contribution in [-0.4, -0.2) is 27.3 Å². The maximum Gasteiger partial charge on any atom is 0.269 e. The van der Waals surface area contributed by atoms with Gasteiger partial charge in [-0.3, -0.25) is 25.2 Å². The molecule has 0 radical (unpaired) electrons. The molecule has 1 aromatic heterocycles. The summed E-state index contributed by atoms with van der Waals surface area (Å²) in [7, 11) is 0. The number of anilines is 1. The summed E-state index contributed by atoms with van der Waals surface area (Å²) in [6.07, 6.45) is 0. The van der Waals surface area contributed by atoms with Crippen LogP contribution < -0.4 is 16.2 Å². The summed E-state index contributed by atoms with van der Waals surface area (Å²) in [6, 6.07) is 11.6. The van der Waals surface area contributed by atoms with E-state index in [2.05, 4.69) is 25.7 Å². The van der Waals surface area contributed by atoms with Crippen LogP contribution >= 0.6 is 0 Å². The molecule has 28 heavy (non-hydrogen) atoms. The van der Waals surface area contributed by atoms with Gasteiger partial charge in [-0.25, -0.2) is 4.98 Å². The predicted octanol–water partition coefficient (Wildman–Crippen LogP) is 2.40. The van der Waals surface area contributed by atoms with E-state index < -0.39 is 11.8 Å². The second kappa shape index (κ2) is 7.91. The molecule has 3 aromatic rings. The van der Waals surface area contributed by atoms with Crippen molar-refractivity contribution in [2.75, 3.05) is 5.32 Å². The smallest absolute Gasteiger partial charge is 0.269 e. The summed E-state index contributed by atoms with van der Waals surface area (Å²) in [5.41, 5.74) is 7.64. The van der Waals surface area contributed by atoms with Crippen LogP contribution in [0.5, 0.6) is 0 Å². The molecular formula is C20H21N5O3. The number of carbonyl (C=O) groups is 3. The molecule has 0 atom stereocenters. The first kappa shape index (κ1) is 19.1. The summed E-state index contributed by atoms with van der Waals surface area (Å²) < 4.78 is 2.06. The third-order valence-corrected chi connectivity index (χ3v) is 4.25. The molecular weight excluding hydrogens is 358 g/mol. The Morgan fingerprint density at radius 2 is 1.68 bits per heavy atom. The quantitative estimate of drug-likeness (QED) is 0.605. The van der Waals surface area contributed by atoms with Crippen molar-refractivity contribution in [2.45, 2.75) is 27.3 Å². The van der Waals surface area contributed by atoms with Crippen LogP contribution in [0.3, 0.4) is 0 Å². The van der Waals surface area contributed by atoms with Gasteiger partial charge in [-0.05, 0) is 50.2 Å². The number of carbonyl (C=O) groups excluding carboxylic acids is 3. The molecule has 0 fully saturated rings. The first-order chi connectivity index (χ1) is 13.4. The molecule has 3 rings (SSSR count). The van der Waals surface area contributed by atoms with Gasteiger partial charge in [0, 0.05) is 30.3 Å². The Balaban J connectivity index is 1.69. The zero-order chi connectivity index (χ0) is 20.3. The third-order valence-electron chi connectivity index (χ3n) is 4.25. The van der Waals surface area contributed by atoms with E-state index in [1.54, 1.807) is 30.3 Å². The van der Waals surface area contributed by atoms with Gasteiger partial charge in [-0.2, -0.15) is 0 Å². The van der Waals surface area contributed by atoms with E-state index in [-0.39, 0.29) is 5.91 Å². The second-order valence-electron chi connectivity index (χ2n) is 6.28.